The Labute approximate surface area is 125 Å². The van der Waals surface area contributed by atoms with Crippen molar-refractivity contribution in [2.75, 3.05) is 5.32 Å². The Bertz CT molecular complexity index is 819. The summed E-state index contributed by atoms with van der Waals surface area (Å²) in [6, 6.07) is 14.9. The molecular formula is C19H20N2. The quantitative estimate of drug-likeness (QED) is 0.694. The van der Waals surface area contributed by atoms with Crippen LogP contribution in [0.15, 0.2) is 42.5 Å². The number of fused-ring (bicyclic) bond motifs is 1. The standard InChI is InChI=1S/C19H20N2/c1-12-8-9-13(2)17(10-12)21-18-11-15(4)20-19-14(3)6-5-7-16(18)19/h5-11H,1-4H3,(H,20,21). The number of benzene rings is 2. The second-order valence-corrected chi connectivity index (χ2v) is 5.73. The van der Waals surface area contributed by atoms with Gasteiger partial charge in [-0.15, -0.1) is 0 Å². The van der Waals surface area contributed by atoms with Gasteiger partial charge in [-0.3, -0.25) is 4.98 Å². The highest BCUT2D eigenvalue weighted by molar-refractivity contribution is 5.95. The minimum atomic E-state index is 1.03. The minimum Gasteiger partial charge on any atom is -0.355 e. The average molecular weight is 276 g/mol. The number of nitrogens with one attached hydrogen (secondary N) is 1. The van der Waals surface area contributed by atoms with Crippen molar-refractivity contribution in [1.82, 2.24) is 4.98 Å². The van der Waals surface area contributed by atoms with E-state index >= 15 is 0 Å². The number of hydrogen-bond acceptors (Lipinski definition) is 2. The smallest absolute Gasteiger partial charge is 0.0755 e. The van der Waals surface area contributed by atoms with E-state index in [9.17, 15) is 0 Å². The molecule has 1 aromatic heterocycles. The van der Waals surface area contributed by atoms with Crippen LogP contribution in [0, 0.1) is 27.7 Å². The molecule has 0 fully saturated rings. The molecule has 0 aliphatic carbocycles. The Hall–Kier alpha value is -2.35. The average Bonchev–Trinajstić information content (AvgIpc) is 2.44. The van der Waals surface area contributed by atoms with Crippen LogP contribution in [0.4, 0.5) is 11.4 Å². The second kappa shape index (κ2) is 5.21. The maximum atomic E-state index is 4.68. The van der Waals surface area contributed by atoms with Crippen LogP contribution >= 0.6 is 0 Å². The Kier molecular flexibility index (Phi) is 3.38. The van der Waals surface area contributed by atoms with Gasteiger partial charge in [0.2, 0.25) is 0 Å². The van der Waals surface area contributed by atoms with Crippen molar-refractivity contribution in [3.8, 4) is 0 Å². The van der Waals surface area contributed by atoms with Gasteiger partial charge in [0.05, 0.1) is 5.52 Å². The number of hydrogen-bond donors (Lipinski definition) is 1. The zero-order valence-corrected chi connectivity index (χ0v) is 13.0. The summed E-state index contributed by atoms with van der Waals surface area (Å²) in [6.45, 7) is 8.39. The Morgan fingerprint density at radius 1 is 0.810 bits per heavy atom. The first-order valence-electron chi connectivity index (χ1n) is 7.26. The molecule has 2 nitrogen and oxygen atoms in total. The molecule has 0 unspecified atom stereocenters. The van der Waals surface area contributed by atoms with Crippen molar-refractivity contribution in [3.05, 3.63) is 64.8 Å². The van der Waals surface area contributed by atoms with Gasteiger partial charge < -0.3 is 5.32 Å². The third kappa shape index (κ3) is 2.62. The summed E-state index contributed by atoms with van der Waals surface area (Å²) < 4.78 is 0. The molecule has 0 saturated carbocycles. The number of aromatic nitrogens is 1. The van der Waals surface area contributed by atoms with Gasteiger partial charge in [0.15, 0.2) is 0 Å². The van der Waals surface area contributed by atoms with Gasteiger partial charge in [0.1, 0.15) is 0 Å². The van der Waals surface area contributed by atoms with Gasteiger partial charge in [-0.05, 0) is 56.5 Å². The highest BCUT2D eigenvalue weighted by Crippen LogP contribution is 2.29. The van der Waals surface area contributed by atoms with Gasteiger partial charge in [-0.25, -0.2) is 0 Å². The molecule has 21 heavy (non-hydrogen) atoms. The largest absolute Gasteiger partial charge is 0.355 e. The van der Waals surface area contributed by atoms with Crippen LogP contribution in [0.3, 0.4) is 0 Å². The molecule has 0 atom stereocenters. The fourth-order valence-corrected chi connectivity index (χ4v) is 2.64. The third-order valence-electron chi connectivity index (χ3n) is 3.83. The predicted molar refractivity (Wildman–Crippen MR) is 90.4 cm³/mol. The number of para-hydroxylation sites is 1. The number of anilines is 2. The summed E-state index contributed by atoms with van der Waals surface area (Å²) in [6.07, 6.45) is 0. The number of pyridine rings is 1. The minimum absolute atomic E-state index is 1.03. The van der Waals surface area contributed by atoms with Crippen LogP contribution in [0.25, 0.3) is 10.9 Å². The van der Waals surface area contributed by atoms with Crippen LogP contribution in [-0.2, 0) is 0 Å². The van der Waals surface area contributed by atoms with Crippen LogP contribution in [-0.4, -0.2) is 4.98 Å². The zero-order valence-electron chi connectivity index (χ0n) is 13.0. The van der Waals surface area contributed by atoms with Crippen LogP contribution < -0.4 is 5.32 Å². The molecule has 2 aromatic carbocycles. The van der Waals surface area contributed by atoms with Crippen LogP contribution in [0.5, 0.6) is 0 Å². The molecule has 0 spiro atoms. The second-order valence-electron chi connectivity index (χ2n) is 5.73. The van der Waals surface area contributed by atoms with E-state index < -0.39 is 0 Å². The lowest BCUT2D eigenvalue weighted by Crippen LogP contribution is -1.97. The monoisotopic (exact) mass is 276 g/mol. The van der Waals surface area contributed by atoms with Gasteiger partial charge in [-0.1, -0.05) is 30.3 Å². The molecule has 3 aromatic rings. The zero-order chi connectivity index (χ0) is 15.0. The van der Waals surface area contributed by atoms with Crippen molar-refractivity contribution < 1.29 is 0 Å². The van der Waals surface area contributed by atoms with Crippen molar-refractivity contribution in [2.24, 2.45) is 0 Å². The van der Waals surface area contributed by atoms with Gasteiger partial charge >= 0.3 is 0 Å². The van der Waals surface area contributed by atoms with E-state index in [2.05, 4.69) is 73.5 Å². The van der Waals surface area contributed by atoms with Gasteiger partial charge in [0, 0.05) is 22.5 Å². The molecule has 0 bridgehead atoms. The molecule has 1 N–H and O–H groups in total. The summed E-state index contributed by atoms with van der Waals surface area (Å²) >= 11 is 0. The SMILES string of the molecule is Cc1ccc(C)c(Nc2cc(C)nc3c(C)cccc23)c1. The molecule has 3 rings (SSSR count). The fourth-order valence-electron chi connectivity index (χ4n) is 2.64. The highest BCUT2D eigenvalue weighted by atomic mass is 14.9. The molecule has 106 valence electrons. The van der Waals surface area contributed by atoms with E-state index in [-0.39, 0.29) is 0 Å². The van der Waals surface area contributed by atoms with E-state index in [1.54, 1.807) is 0 Å². The molecule has 0 aliphatic rings. The molecule has 2 heteroatoms. The van der Waals surface area contributed by atoms with Crippen molar-refractivity contribution in [3.63, 3.8) is 0 Å². The van der Waals surface area contributed by atoms with Crippen molar-refractivity contribution >= 4 is 22.3 Å². The fraction of sp³-hybridized carbons (Fsp3) is 0.211. The molecule has 0 saturated heterocycles. The Morgan fingerprint density at radius 3 is 2.43 bits per heavy atom. The van der Waals surface area contributed by atoms with Gasteiger partial charge in [0.25, 0.3) is 0 Å². The summed E-state index contributed by atoms with van der Waals surface area (Å²) in [5, 5.41) is 4.75. The number of aryl methyl sites for hydroxylation is 4. The normalized spacial score (nSPS) is 10.9. The van der Waals surface area contributed by atoms with Crippen molar-refractivity contribution in [1.29, 1.82) is 0 Å². The number of nitrogens with zero attached hydrogens (tertiary/aromatic N) is 1. The van der Waals surface area contributed by atoms with E-state index in [0.29, 0.717) is 0 Å². The molecule has 0 amide bonds. The first kappa shape index (κ1) is 13.6. The summed E-state index contributed by atoms with van der Waals surface area (Å²) in [7, 11) is 0. The summed E-state index contributed by atoms with van der Waals surface area (Å²) in [5.74, 6) is 0. The van der Waals surface area contributed by atoms with Crippen LogP contribution in [0.2, 0.25) is 0 Å². The maximum Gasteiger partial charge on any atom is 0.0755 e. The van der Waals surface area contributed by atoms with E-state index in [1.165, 1.54) is 22.1 Å². The molecule has 1 heterocycles. The molecule has 0 radical (unpaired) electrons. The van der Waals surface area contributed by atoms with Crippen LogP contribution in [0.1, 0.15) is 22.4 Å². The first-order valence-corrected chi connectivity index (χ1v) is 7.26. The highest BCUT2D eigenvalue weighted by Gasteiger charge is 2.07. The topological polar surface area (TPSA) is 24.9 Å². The third-order valence-corrected chi connectivity index (χ3v) is 3.83. The lowest BCUT2D eigenvalue weighted by atomic mass is 10.1. The Morgan fingerprint density at radius 2 is 1.62 bits per heavy atom. The van der Waals surface area contributed by atoms with E-state index in [4.69, 9.17) is 0 Å². The summed E-state index contributed by atoms with van der Waals surface area (Å²) in [5.41, 5.74) is 8.10. The maximum absolute atomic E-state index is 4.68. The lowest BCUT2D eigenvalue weighted by molar-refractivity contribution is 1.24. The predicted octanol–water partition coefficient (Wildman–Crippen LogP) is 5.21. The molecule has 0 aliphatic heterocycles. The Balaban J connectivity index is 2.16. The van der Waals surface area contributed by atoms with Crippen molar-refractivity contribution in [2.45, 2.75) is 27.7 Å². The molecular weight excluding hydrogens is 256 g/mol. The summed E-state index contributed by atoms with van der Waals surface area (Å²) in [4.78, 5) is 4.68. The number of rotatable bonds is 2. The van der Waals surface area contributed by atoms with Gasteiger partial charge in [-0.2, -0.15) is 0 Å². The lowest BCUT2D eigenvalue weighted by Gasteiger charge is -2.14. The van der Waals surface area contributed by atoms with E-state index in [0.717, 1.165) is 22.6 Å². The van der Waals surface area contributed by atoms with E-state index in [1.807, 2.05) is 6.92 Å². The first-order chi connectivity index (χ1) is 10.0.